The minimum Gasteiger partial charge on any atom is -0.457 e. The second-order valence-corrected chi connectivity index (χ2v) is 15.5. The van der Waals surface area contributed by atoms with Gasteiger partial charge in [-0.05, 0) is 109 Å². The van der Waals surface area contributed by atoms with E-state index in [1.807, 2.05) is 18.3 Å². The van der Waals surface area contributed by atoms with Crippen molar-refractivity contribution in [3.05, 3.63) is 157 Å². The van der Waals surface area contributed by atoms with Gasteiger partial charge in [-0.25, -0.2) is 9.97 Å². The molecule has 1 unspecified atom stereocenters. The Kier molecular flexibility index (Phi) is 7.78. The summed E-state index contributed by atoms with van der Waals surface area (Å²) in [4.78, 5) is 10.0. The molecule has 9 aromatic rings. The molecule has 11 rings (SSSR count). The summed E-state index contributed by atoms with van der Waals surface area (Å²) < 4.78 is 11.4. The summed E-state index contributed by atoms with van der Waals surface area (Å²) in [6.07, 6.45) is 18.9. The van der Waals surface area contributed by atoms with Crippen LogP contribution in [0.3, 0.4) is 0 Å². The van der Waals surface area contributed by atoms with Crippen molar-refractivity contribution in [2.45, 2.75) is 63.2 Å². The lowest BCUT2D eigenvalue weighted by molar-refractivity contribution is 0.444. The SMILES string of the molecule is C1=CC(c2cccc(C3CCCCC3)c2-c2cnc3c4cc(Oc5ccc6c7ccccc7n(-c7ccccn7)c6c5)ccc4c4ccccc4n23)CCC1. The number of nitrogens with zero attached hydrogens (tertiary/aromatic N) is 4. The van der Waals surface area contributed by atoms with Crippen LogP contribution >= 0.6 is 0 Å². The monoisotopic (exact) mass is 714 g/mol. The zero-order valence-corrected chi connectivity index (χ0v) is 30.9. The number of benzene rings is 5. The first kappa shape index (κ1) is 32.2. The van der Waals surface area contributed by atoms with E-state index >= 15 is 0 Å². The maximum atomic E-state index is 6.75. The summed E-state index contributed by atoms with van der Waals surface area (Å²) in [5.41, 5.74) is 9.86. The molecule has 2 aliphatic carbocycles. The topological polar surface area (TPSA) is 44.3 Å². The van der Waals surface area contributed by atoms with Gasteiger partial charge < -0.3 is 4.74 Å². The highest BCUT2D eigenvalue weighted by molar-refractivity contribution is 6.13. The van der Waals surface area contributed by atoms with Gasteiger partial charge in [-0.15, -0.1) is 0 Å². The maximum absolute atomic E-state index is 6.75. The number of pyridine rings is 2. The van der Waals surface area contributed by atoms with Crippen molar-refractivity contribution < 1.29 is 4.74 Å². The maximum Gasteiger partial charge on any atom is 0.145 e. The van der Waals surface area contributed by atoms with E-state index in [1.165, 1.54) is 101 Å². The number of allylic oxidation sites excluding steroid dienone is 2. The molecule has 1 saturated carbocycles. The molecule has 0 saturated heterocycles. The van der Waals surface area contributed by atoms with Crippen molar-refractivity contribution in [1.29, 1.82) is 0 Å². The molecule has 0 aliphatic heterocycles. The molecule has 0 spiro atoms. The molecule has 5 heteroatoms. The van der Waals surface area contributed by atoms with E-state index in [0.29, 0.717) is 11.8 Å². The second-order valence-electron chi connectivity index (χ2n) is 15.5. The number of para-hydroxylation sites is 2. The molecule has 4 heterocycles. The molecule has 5 nitrogen and oxygen atoms in total. The quantitative estimate of drug-likeness (QED) is 0.127. The molecule has 55 heavy (non-hydrogen) atoms. The molecule has 1 atom stereocenters. The van der Waals surface area contributed by atoms with E-state index in [4.69, 9.17) is 14.7 Å². The predicted molar refractivity (Wildman–Crippen MR) is 226 cm³/mol. The molecule has 0 bridgehead atoms. The molecule has 5 aromatic carbocycles. The van der Waals surface area contributed by atoms with E-state index in [1.54, 1.807) is 0 Å². The van der Waals surface area contributed by atoms with Gasteiger partial charge in [0.1, 0.15) is 23.0 Å². The highest BCUT2D eigenvalue weighted by Crippen LogP contribution is 2.45. The van der Waals surface area contributed by atoms with Gasteiger partial charge >= 0.3 is 0 Å². The Morgan fingerprint density at radius 2 is 1.31 bits per heavy atom. The fourth-order valence-electron chi connectivity index (χ4n) is 9.77. The van der Waals surface area contributed by atoms with E-state index < -0.39 is 0 Å². The number of aromatic nitrogens is 4. The van der Waals surface area contributed by atoms with Crippen molar-refractivity contribution in [3.63, 3.8) is 0 Å². The fraction of sp³-hybridized carbons (Fsp3) is 0.200. The van der Waals surface area contributed by atoms with E-state index in [-0.39, 0.29) is 0 Å². The first-order chi connectivity index (χ1) is 27.3. The number of hydrogen-bond acceptors (Lipinski definition) is 3. The number of hydrogen-bond donors (Lipinski definition) is 0. The smallest absolute Gasteiger partial charge is 0.145 e. The molecule has 1 fully saturated rings. The molecule has 0 radical (unpaired) electrons. The molecule has 0 amide bonds. The Morgan fingerprint density at radius 1 is 0.564 bits per heavy atom. The van der Waals surface area contributed by atoms with E-state index in [0.717, 1.165) is 39.4 Å². The lowest BCUT2D eigenvalue weighted by Crippen LogP contribution is -2.10. The van der Waals surface area contributed by atoms with Crippen LogP contribution in [0.25, 0.3) is 66.2 Å². The Morgan fingerprint density at radius 3 is 2.13 bits per heavy atom. The molecule has 4 aromatic heterocycles. The average Bonchev–Trinajstić information content (AvgIpc) is 3.84. The van der Waals surface area contributed by atoms with Gasteiger partial charge in [-0.1, -0.05) is 92.1 Å². The van der Waals surface area contributed by atoms with Crippen LogP contribution in [0.15, 0.2) is 146 Å². The third-order valence-electron chi connectivity index (χ3n) is 12.3. The summed E-state index contributed by atoms with van der Waals surface area (Å²) in [5.74, 6) is 3.43. The van der Waals surface area contributed by atoms with E-state index in [9.17, 15) is 0 Å². The summed E-state index contributed by atoms with van der Waals surface area (Å²) in [6.45, 7) is 0. The van der Waals surface area contributed by atoms with E-state index in [2.05, 4.69) is 137 Å². The Hall–Kier alpha value is -6.20. The van der Waals surface area contributed by atoms with Crippen molar-refractivity contribution in [3.8, 4) is 28.6 Å². The molecule has 268 valence electrons. The molecular formula is C50H42N4O. The lowest BCUT2D eigenvalue weighted by Gasteiger charge is -2.28. The highest BCUT2D eigenvalue weighted by atomic mass is 16.5. The first-order valence-corrected chi connectivity index (χ1v) is 20.0. The third-order valence-corrected chi connectivity index (χ3v) is 12.3. The zero-order chi connectivity index (χ0) is 36.3. The van der Waals surface area contributed by atoms with Crippen LogP contribution < -0.4 is 4.74 Å². The Labute approximate surface area is 320 Å². The van der Waals surface area contributed by atoms with Crippen LogP contribution in [0, 0.1) is 0 Å². The Balaban J connectivity index is 1.09. The van der Waals surface area contributed by atoms with Crippen LogP contribution in [0.2, 0.25) is 0 Å². The minimum atomic E-state index is 0.415. The van der Waals surface area contributed by atoms with Crippen molar-refractivity contribution in [2.24, 2.45) is 0 Å². The number of fused-ring (bicyclic) bond motifs is 9. The second kappa shape index (κ2) is 13.3. The molecule has 2 aliphatic rings. The van der Waals surface area contributed by atoms with Crippen molar-refractivity contribution in [1.82, 2.24) is 18.9 Å². The van der Waals surface area contributed by atoms with Gasteiger partial charge in [0.25, 0.3) is 0 Å². The van der Waals surface area contributed by atoms with Crippen LogP contribution in [0.1, 0.15) is 74.3 Å². The van der Waals surface area contributed by atoms with Crippen LogP contribution in [-0.4, -0.2) is 18.9 Å². The van der Waals surface area contributed by atoms with Gasteiger partial charge in [0.15, 0.2) is 0 Å². The van der Waals surface area contributed by atoms with Crippen LogP contribution in [0.4, 0.5) is 0 Å². The number of imidazole rings is 1. The van der Waals surface area contributed by atoms with Crippen LogP contribution in [0.5, 0.6) is 11.5 Å². The predicted octanol–water partition coefficient (Wildman–Crippen LogP) is 13.5. The number of ether oxygens (including phenoxy) is 1. The van der Waals surface area contributed by atoms with Crippen molar-refractivity contribution in [2.75, 3.05) is 0 Å². The van der Waals surface area contributed by atoms with Crippen LogP contribution in [-0.2, 0) is 0 Å². The minimum absolute atomic E-state index is 0.415. The average molecular weight is 715 g/mol. The van der Waals surface area contributed by atoms with Gasteiger partial charge in [0, 0.05) is 45.3 Å². The highest BCUT2D eigenvalue weighted by Gasteiger charge is 2.27. The van der Waals surface area contributed by atoms with Gasteiger partial charge in [-0.3, -0.25) is 8.97 Å². The molecule has 0 N–H and O–H groups in total. The summed E-state index contributed by atoms with van der Waals surface area (Å²) in [6, 6.07) is 43.4. The summed E-state index contributed by atoms with van der Waals surface area (Å²) in [5, 5.41) is 5.83. The van der Waals surface area contributed by atoms with Gasteiger partial charge in [0.2, 0.25) is 0 Å². The van der Waals surface area contributed by atoms with Gasteiger partial charge in [0.05, 0.1) is 28.4 Å². The third kappa shape index (κ3) is 5.36. The molecular weight excluding hydrogens is 673 g/mol. The Bertz CT molecular complexity index is 2930. The fourth-order valence-corrected chi connectivity index (χ4v) is 9.77. The van der Waals surface area contributed by atoms with Crippen molar-refractivity contribution >= 4 is 49.1 Å². The standard InChI is InChI=1S/C50H42N4O/c1-3-14-33(15-4-1)37-20-13-21-38(34-16-5-2-6-17-34)49(37)47-32-52-50-43-30-35(25-27-39(43)40-18-7-10-23-45(40)54(47)50)55-36-26-28-42-41-19-8-9-22-44(41)53(46(42)31-36)48-24-11-12-29-51-48/h3,7-14,18-34H,1-2,4-6,15-17H2. The largest absolute Gasteiger partial charge is 0.457 e. The summed E-state index contributed by atoms with van der Waals surface area (Å²) in [7, 11) is 0. The zero-order valence-electron chi connectivity index (χ0n) is 30.9. The summed E-state index contributed by atoms with van der Waals surface area (Å²) >= 11 is 0. The van der Waals surface area contributed by atoms with Gasteiger partial charge in [-0.2, -0.15) is 0 Å². The first-order valence-electron chi connectivity index (χ1n) is 20.0. The normalized spacial score (nSPS) is 16.5. The number of rotatable bonds is 6. The lowest BCUT2D eigenvalue weighted by atomic mass is 9.77.